The molecule has 0 atom stereocenters. The molecule has 0 bridgehead atoms. The molecule has 3 aliphatic rings. The summed E-state index contributed by atoms with van der Waals surface area (Å²) in [5.41, 5.74) is 0. The van der Waals surface area contributed by atoms with Crippen LogP contribution in [0.3, 0.4) is 0 Å². The van der Waals surface area contributed by atoms with E-state index in [1.807, 2.05) is 0 Å². The number of hydroxylamine groups is 6. The van der Waals surface area contributed by atoms with Crippen molar-refractivity contribution in [3.63, 3.8) is 0 Å². The van der Waals surface area contributed by atoms with Crippen LogP contribution in [-0.2, 0) is 71.4 Å². The van der Waals surface area contributed by atoms with Crippen LogP contribution in [0.4, 0.5) is 0 Å². The number of piperidine rings is 3. The van der Waals surface area contributed by atoms with Crippen LogP contribution in [0.15, 0.2) is 0 Å². The summed E-state index contributed by atoms with van der Waals surface area (Å²) in [7, 11) is 0. The van der Waals surface area contributed by atoms with Gasteiger partial charge in [-0.3, -0.25) is 32.5 Å². The van der Waals surface area contributed by atoms with Crippen molar-refractivity contribution in [3.8, 4) is 0 Å². The van der Waals surface area contributed by atoms with E-state index in [0.29, 0.717) is 53.7 Å². The molecule has 0 aromatic heterocycles. The van der Waals surface area contributed by atoms with Crippen LogP contribution in [-0.4, -0.2) is 83.1 Å². The van der Waals surface area contributed by atoms with Crippen molar-refractivity contribution >= 4 is 35.0 Å². The number of rotatable bonds is 0. The quantitative estimate of drug-likeness (QED) is 0.101. The molecule has 30 N–H and O–H groups in total. The van der Waals surface area contributed by atoms with Crippen molar-refractivity contribution in [2.24, 2.45) is 0 Å². The molecule has 3 heterocycles. The minimum Gasteiger partial charge on any atom is -1.00 e. The Kier molecular flexibility index (Phi) is 130. The second kappa shape index (κ2) is 53.8. The molecular formula is C15H48Cl3N9Ni3O13+4. The summed E-state index contributed by atoms with van der Waals surface area (Å²) in [5, 5.41) is 74.9. The third kappa shape index (κ3) is 37.3. The van der Waals surface area contributed by atoms with Gasteiger partial charge in [-0.2, -0.15) is 0 Å². The van der Waals surface area contributed by atoms with Gasteiger partial charge in [0.15, 0.2) is 0 Å². The topological polar surface area (TPSA) is 543 Å². The minimum atomic E-state index is 0. The number of amidine groups is 6. The molecule has 3 aliphatic heterocycles. The Morgan fingerprint density at radius 2 is 0.442 bits per heavy atom. The molecule has 3 rings (SSSR count). The second-order valence-corrected chi connectivity index (χ2v) is 6.12. The fourth-order valence-corrected chi connectivity index (χ4v) is 2.37. The van der Waals surface area contributed by atoms with Crippen LogP contribution in [0.2, 0.25) is 0 Å². The van der Waals surface area contributed by atoms with Crippen LogP contribution < -0.4 is 37.2 Å². The molecule has 3 saturated heterocycles. The first-order valence-electron chi connectivity index (χ1n) is 8.51. The van der Waals surface area contributed by atoms with Gasteiger partial charge >= 0.3 is 49.5 Å². The number of halogens is 3. The van der Waals surface area contributed by atoms with Crippen molar-refractivity contribution in [2.75, 3.05) is 0 Å². The number of hydrogen-bond acceptors (Lipinski definition) is 9. The Morgan fingerprint density at radius 3 is 0.512 bits per heavy atom. The molecule has 0 aliphatic carbocycles. The predicted molar refractivity (Wildman–Crippen MR) is 145 cm³/mol. The molecule has 28 heteroatoms. The van der Waals surface area contributed by atoms with Gasteiger partial charge in [0.2, 0.25) is 0 Å². The van der Waals surface area contributed by atoms with Crippen LogP contribution >= 0.6 is 0 Å². The van der Waals surface area contributed by atoms with Gasteiger partial charge in [0, 0.05) is 38.5 Å². The fourth-order valence-electron chi connectivity index (χ4n) is 2.37. The first-order valence-corrected chi connectivity index (χ1v) is 8.51. The maximum atomic E-state index is 10.6. The molecule has 43 heavy (non-hydrogen) atoms. The van der Waals surface area contributed by atoms with Crippen LogP contribution in [0.1, 0.15) is 57.8 Å². The molecule has 278 valence electrons. The van der Waals surface area contributed by atoms with Crippen molar-refractivity contribution in [1.82, 2.24) is 15.2 Å². The van der Waals surface area contributed by atoms with E-state index in [1.165, 1.54) is 0 Å². The summed E-state index contributed by atoms with van der Waals surface area (Å²) in [4.78, 5) is 0. The summed E-state index contributed by atoms with van der Waals surface area (Å²) < 4.78 is 0. The molecular weight excluding hydrogens is 797 g/mol. The van der Waals surface area contributed by atoms with E-state index >= 15 is 0 Å². The monoisotopic (exact) mass is 841 g/mol. The fraction of sp³-hybridized carbons (Fsp3) is 0.600. The van der Waals surface area contributed by atoms with E-state index in [4.69, 9.17) is 32.5 Å². The van der Waals surface area contributed by atoms with Crippen molar-refractivity contribution in [1.29, 1.82) is 32.5 Å². The Morgan fingerprint density at radius 1 is 0.349 bits per heavy atom. The van der Waals surface area contributed by atoms with Crippen LogP contribution in [0.5, 0.6) is 0 Å². The predicted octanol–water partition coefficient (Wildman–Crippen LogP) is -14.9. The molecule has 22 nitrogen and oxygen atoms in total. The SMILES string of the molecule is N=C1CCCC(=N)N1[O-].N=C1CCCC(=N)N1[O-].N=C1CCCC(=N)N1[O-].O.O.O.O.O.O.[Cl-].[Cl-].[Cl-].[Ni+2].[Ni+2].[Ni+2].[OH3+].[OH3+].[OH3+].[OH3+]. The van der Waals surface area contributed by atoms with E-state index in [1.54, 1.807) is 0 Å². The van der Waals surface area contributed by atoms with Gasteiger partial charge in [-0.25, -0.2) is 0 Å². The third-order valence-corrected chi connectivity index (χ3v) is 3.95. The Hall–Kier alpha value is -0.749. The van der Waals surface area contributed by atoms with Gasteiger partial charge < -0.3 is 123 Å². The van der Waals surface area contributed by atoms with Crippen molar-refractivity contribution < 1.29 is 141 Å². The molecule has 3 fully saturated rings. The molecule has 0 amide bonds. The van der Waals surface area contributed by atoms with Crippen molar-refractivity contribution in [3.05, 3.63) is 15.6 Å². The second-order valence-electron chi connectivity index (χ2n) is 6.12. The Bertz CT molecular complexity index is 553. The number of nitrogens with zero attached hydrogens (tertiary/aromatic N) is 3. The number of nitrogens with one attached hydrogen (secondary N) is 6. The summed E-state index contributed by atoms with van der Waals surface area (Å²) in [6.07, 6.45) is 5.44. The van der Waals surface area contributed by atoms with Gasteiger partial charge in [0.25, 0.3) is 0 Å². The maximum Gasteiger partial charge on any atom is 2.00 e. The van der Waals surface area contributed by atoms with Crippen molar-refractivity contribution in [2.45, 2.75) is 57.8 Å². The van der Waals surface area contributed by atoms with Gasteiger partial charge in [-0.05, 0) is 19.3 Å². The summed E-state index contributed by atoms with van der Waals surface area (Å²) in [5.74, 6) is 0.118. The molecule has 0 unspecified atom stereocenters. The van der Waals surface area contributed by atoms with E-state index in [2.05, 4.69) is 0 Å². The zero-order valence-electron chi connectivity index (χ0n) is 22.3. The molecule has 0 spiro atoms. The largest absolute Gasteiger partial charge is 2.00 e. The summed E-state index contributed by atoms with van der Waals surface area (Å²) in [6, 6.07) is 0. The Labute approximate surface area is 296 Å². The van der Waals surface area contributed by atoms with Crippen LogP contribution in [0.25, 0.3) is 0 Å². The first-order chi connectivity index (χ1) is 12.6. The van der Waals surface area contributed by atoms with Gasteiger partial charge in [-0.1, -0.05) is 0 Å². The summed E-state index contributed by atoms with van der Waals surface area (Å²) in [6.45, 7) is 0. The van der Waals surface area contributed by atoms with E-state index < -0.39 is 0 Å². The zero-order chi connectivity index (χ0) is 20.6. The van der Waals surface area contributed by atoms with Gasteiger partial charge in [0.05, 0.1) is 35.0 Å². The average Bonchev–Trinajstić information content (AvgIpc) is 2.63. The first kappa shape index (κ1) is 104. The zero-order valence-corrected chi connectivity index (χ0v) is 27.6. The standard InChI is InChI=1S/3C5H8N3O.3ClH.3Ni.10H2O/c3*6-4-2-1-3-5(7)8(4)9;;;;;;;;;;;;;;;;/h3*6-7H,1-3H2;3*1H;;;;10*1H2/q3*-1;;;;3*+2;;;;;;;;;;/p+1. The minimum absolute atomic E-state index is 0. The molecule has 0 aromatic carbocycles. The third-order valence-electron chi connectivity index (χ3n) is 3.95. The van der Waals surface area contributed by atoms with Gasteiger partial charge in [-0.15, -0.1) is 0 Å². The Balaban J connectivity index is -0.0000000153. The van der Waals surface area contributed by atoms with E-state index in [-0.39, 0.29) is 176 Å². The smallest absolute Gasteiger partial charge is 1.00 e. The molecule has 0 radical (unpaired) electrons. The van der Waals surface area contributed by atoms with Crippen LogP contribution in [0, 0.1) is 48.1 Å². The maximum absolute atomic E-state index is 10.6. The van der Waals surface area contributed by atoms with Gasteiger partial charge in [0.1, 0.15) is 0 Å². The average molecular weight is 845 g/mol. The molecule has 0 aromatic rings. The molecule has 0 saturated carbocycles. The van der Waals surface area contributed by atoms with E-state index in [0.717, 1.165) is 19.3 Å². The normalized spacial score (nSPS) is 13.0. The van der Waals surface area contributed by atoms with E-state index in [9.17, 15) is 15.6 Å². The number of hydrogen-bond donors (Lipinski definition) is 6. The summed E-state index contributed by atoms with van der Waals surface area (Å²) >= 11 is 0.